The number of hydrogen-bond donors (Lipinski definition) is 1. The van der Waals surface area contributed by atoms with Crippen LogP contribution < -0.4 is 5.32 Å². The molecule has 1 aliphatic rings. The fraction of sp³-hybridized carbons (Fsp3) is 0.250. The van der Waals surface area contributed by atoms with E-state index in [1.807, 2.05) is 36.4 Å². The Morgan fingerprint density at radius 2 is 1.29 bits per heavy atom. The molecule has 1 amide bonds. The van der Waals surface area contributed by atoms with Gasteiger partial charge in [-0.15, -0.1) is 0 Å². The van der Waals surface area contributed by atoms with Gasteiger partial charge in [-0.05, 0) is 41.0 Å². The molecule has 5 rings (SSSR count). The normalized spacial score (nSPS) is 14.6. The molecule has 7 nitrogen and oxygen atoms in total. The van der Waals surface area contributed by atoms with Crippen LogP contribution in [0.15, 0.2) is 91.5 Å². The fourth-order valence-corrected chi connectivity index (χ4v) is 4.37. The van der Waals surface area contributed by atoms with Crippen LogP contribution in [0.4, 0.5) is 5.69 Å². The lowest BCUT2D eigenvalue weighted by molar-refractivity contribution is 0.102. The molecule has 1 fully saturated rings. The van der Waals surface area contributed by atoms with E-state index in [4.69, 9.17) is 0 Å². The Hall–Kier alpha value is -3.81. The number of nitrogens with one attached hydrogen (secondary N) is 1. The lowest BCUT2D eigenvalue weighted by Gasteiger charge is -2.34. The second-order valence-electron chi connectivity index (χ2n) is 8.98. The minimum Gasteiger partial charge on any atom is -0.322 e. The zero-order valence-electron chi connectivity index (χ0n) is 19.8. The highest BCUT2D eigenvalue weighted by atomic mass is 16.1. The molecular formula is C28H30N6O. The highest BCUT2D eigenvalue weighted by Crippen LogP contribution is 2.16. The number of amides is 1. The van der Waals surface area contributed by atoms with Gasteiger partial charge in [0.15, 0.2) is 0 Å². The van der Waals surface area contributed by atoms with E-state index in [-0.39, 0.29) is 5.91 Å². The van der Waals surface area contributed by atoms with Crippen LogP contribution in [-0.4, -0.2) is 56.7 Å². The van der Waals surface area contributed by atoms with Gasteiger partial charge in [-0.2, -0.15) is 5.10 Å². The van der Waals surface area contributed by atoms with Crippen LogP contribution in [0, 0.1) is 0 Å². The summed E-state index contributed by atoms with van der Waals surface area (Å²) in [6.45, 7) is 6.89. The number of carbonyl (C=O) groups is 1. The van der Waals surface area contributed by atoms with Crippen molar-refractivity contribution in [3.63, 3.8) is 0 Å². The van der Waals surface area contributed by atoms with Gasteiger partial charge >= 0.3 is 0 Å². The van der Waals surface area contributed by atoms with Crippen molar-refractivity contribution in [2.75, 3.05) is 31.5 Å². The Balaban J connectivity index is 1.08. The largest absolute Gasteiger partial charge is 0.322 e. The van der Waals surface area contributed by atoms with Crippen LogP contribution in [-0.2, 0) is 19.6 Å². The van der Waals surface area contributed by atoms with E-state index in [1.54, 1.807) is 11.0 Å². The molecule has 7 heteroatoms. The molecule has 1 aromatic heterocycles. The van der Waals surface area contributed by atoms with Crippen LogP contribution in [0.5, 0.6) is 0 Å². The van der Waals surface area contributed by atoms with Crippen molar-refractivity contribution in [2.45, 2.75) is 19.6 Å². The number of benzene rings is 3. The van der Waals surface area contributed by atoms with E-state index in [0.29, 0.717) is 12.1 Å². The summed E-state index contributed by atoms with van der Waals surface area (Å²) in [5.41, 5.74) is 5.14. The molecule has 0 atom stereocenters. The van der Waals surface area contributed by atoms with Crippen molar-refractivity contribution < 1.29 is 4.79 Å². The number of piperazine rings is 1. The van der Waals surface area contributed by atoms with Crippen molar-refractivity contribution in [1.82, 2.24) is 24.6 Å². The third-order valence-corrected chi connectivity index (χ3v) is 6.36. The molecule has 4 aromatic rings. The molecule has 1 aliphatic heterocycles. The van der Waals surface area contributed by atoms with E-state index in [2.05, 4.69) is 67.7 Å². The molecule has 0 aliphatic carbocycles. The summed E-state index contributed by atoms with van der Waals surface area (Å²) in [7, 11) is 0. The third-order valence-electron chi connectivity index (χ3n) is 6.36. The molecule has 0 unspecified atom stereocenters. The summed E-state index contributed by atoms with van der Waals surface area (Å²) in [6.07, 6.45) is 3.19. The predicted octanol–water partition coefficient (Wildman–Crippen LogP) is 3.90. The molecule has 0 spiro atoms. The zero-order chi connectivity index (χ0) is 23.9. The highest BCUT2D eigenvalue weighted by Gasteiger charge is 2.17. The summed E-state index contributed by atoms with van der Waals surface area (Å²) in [4.78, 5) is 21.6. The van der Waals surface area contributed by atoms with Crippen molar-refractivity contribution in [2.24, 2.45) is 0 Å². The first-order chi connectivity index (χ1) is 17.2. The lowest BCUT2D eigenvalue weighted by atomic mass is 10.1. The molecule has 1 saturated heterocycles. The van der Waals surface area contributed by atoms with Gasteiger partial charge in [0, 0.05) is 50.5 Å². The fourth-order valence-electron chi connectivity index (χ4n) is 4.37. The van der Waals surface area contributed by atoms with Crippen molar-refractivity contribution in [3.05, 3.63) is 114 Å². The Labute approximate surface area is 206 Å². The summed E-state index contributed by atoms with van der Waals surface area (Å²) < 4.78 is 1.75. The molecule has 0 bridgehead atoms. The Kier molecular flexibility index (Phi) is 7.27. The topological polar surface area (TPSA) is 66.3 Å². The maximum absolute atomic E-state index is 12.7. The van der Waals surface area contributed by atoms with E-state index < -0.39 is 0 Å². The number of aromatic nitrogens is 3. The summed E-state index contributed by atoms with van der Waals surface area (Å²) >= 11 is 0. The quantitative estimate of drug-likeness (QED) is 0.427. The predicted molar refractivity (Wildman–Crippen MR) is 137 cm³/mol. The number of anilines is 1. The smallest absolute Gasteiger partial charge is 0.255 e. The SMILES string of the molecule is O=C(Nc1ccc(CN2CCN(Cc3ccccc3)CC2)cc1)c1ccc(Cn2cncn2)cc1. The number of hydrogen-bond acceptors (Lipinski definition) is 5. The van der Waals surface area contributed by atoms with Gasteiger partial charge in [0.25, 0.3) is 5.91 Å². The van der Waals surface area contributed by atoms with Crippen molar-refractivity contribution in [3.8, 4) is 0 Å². The molecule has 0 saturated carbocycles. The van der Waals surface area contributed by atoms with Gasteiger partial charge in [-0.1, -0.05) is 54.6 Å². The number of rotatable bonds is 8. The van der Waals surface area contributed by atoms with Crippen LogP contribution in [0.3, 0.4) is 0 Å². The average Bonchev–Trinajstić information content (AvgIpc) is 3.40. The van der Waals surface area contributed by atoms with E-state index >= 15 is 0 Å². The van der Waals surface area contributed by atoms with Crippen molar-refractivity contribution in [1.29, 1.82) is 0 Å². The highest BCUT2D eigenvalue weighted by molar-refractivity contribution is 6.04. The summed E-state index contributed by atoms with van der Waals surface area (Å²) in [5, 5.41) is 7.10. The molecule has 0 radical (unpaired) electrons. The Morgan fingerprint density at radius 1 is 0.714 bits per heavy atom. The maximum atomic E-state index is 12.7. The van der Waals surface area contributed by atoms with Gasteiger partial charge in [0.1, 0.15) is 12.7 Å². The average molecular weight is 467 g/mol. The van der Waals surface area contributed by atoms with Gasteiger partial charge in [-0.25, -0.2) is 9.67 Å². The number of carbonyl (C=O) groups excluding carboxylic acids is 1. The zero-order valence-corrected chi connectivity index (χ0v) is 19.8. The first kappa shape index (κ1) is 23.0. The van der Waals surface area contributed by atoms with Gasteiger partial charge in [0.05, 0.1) is 6.54 Å². The van der Waals surface area contributed by atoms with Crippen LogP contribution in [0.25, 0.3) is 0 Å². The Bertz CT molecular complexity index is 1200. The maximum Gasteiger partial charge on any atom is 0.255 e. The van der Waals surface area contributed by atoms with E-state index in [9.17, 15) is 4.79 Å². The second-order valence-corrected chi connectivity index (χ2v) is 8.98. The van der Waals surface area contributed by atoms with Crippen LogP contribution in [0.1, 0.15) is 27.0 Å². The van der Waals surface area contributed by atoms with E-state index in [1.165, 1.54) is 17.5 Å². The molecule has 1 N–H and O–H groups in total. The molecule has 178 valence electrons. The third kappa shape index (κ3) is 6.41. The van der Waals surface area contributed by atoms with Crippen LogP contribution >= 0.6 is 0 Å². The van der Waals surface area contributed by atoms with Gasteiger partial charge in [-0.3, -0.25) is 14.6 Å². The van der Waals surface area contributed by atoms with Crippen molar-refractivity contribution >= 4 is 11.6 Å². The first-order valence-corrected chi connectivity index (χ1v) is 12.0. The van der Waals surface area contributed by atoms with Crippen LogP contribution in [0.2, 0.25) is 0 Å². The minimum absolute atomic E-state index is 0.111. The Morgan fingerprint density at radius 3 is 1.89 bits per heavy atom. The minimum atomic E-state index is -0.111. The molecule has 35 heavy (non-hydrogen) atoms. The monoisotopic (exact) mass is 466 g/mol. The molecule has 3 aromatic carbocycles. The lowest BCUT2D eigenvalue weighted by Crippen LogP contribution is -2.45. The van der Waals surface area contributed by atoms with E-state index in [0.717, 1.165) is 50.5 Å². The molecule has 2 heterocycles. The summed E-state index contributed by atoms with van der Waals surface area (Å²) in [5.74, 6) is -0.111. The summed E-state index contributed by atoms with van der Waals surface area (Å²) in [6, 6.07) is 26.4. The second kappa shape index (κ2) is 11.1. The first-order valence-electron chi connectivity index (χ1n) is 12.0. The van der Waals surface area contributed by atoms with Gasteiger partial charge in [0.2, 0.25) is 0 Å². The number of nitrogens with zero attached hydrogens (tertiary/aromatic N) is 5. The standard InChI is InChI=1S/C28H30N6O/c35-28(26-10-6-25(7-11-26)20-34-22-29-21-30-34)31-27-12-8-24(9-13-27)19-33-16-14-32(15-17-33)18-23-4-2-1-3-5-23/h1-13,21-22H,14-20H2,(H,31,35). The molecular weight excluding hydrogens is 436 g/mol. The van der Waals surface area contributed by atoms with Gasteiger partial charge < -0.3 is 5.32 Å².